The summed E-state index contributed by atoms with van der Waals surface area (Å²) >= 11 is 0. The third kappa shape index (κ3) is 3.27. The Morgan fingerprint density at radius 3 is 2.83 bits per heavy atom. The molecule has 1 fully saturated rings. The second kappa shape index (κ2) is 5.93. The molecule has 18 heavy (non-hydrogen) atoms. The van der Waals surface area contributed by atoms with Gasteiger partial charge >= 0.3 is 0 Å². The lowest BCUT2D eigenvalue weighted by molar-refractivity contribution is -0.134. The Hall–Kier alpha value is -1.46. The minimum atomic E-state index is -0.443. The third-order valence-corrected chi connectivity index (χ3v) is 2.95. The highest BCUT2D eigenvalue weighted by atomic mass is 19.1. The number of amides is 1. The van der Waals surface area contributed by atoms with Crippen molar-refractivity contribution in [2.45, 2.75) is 19.1 Å². The van der Waals surface area contributed by atoms with E-state index in [9.17, 15) is 9.18 Å². The van der Waals surface area contributed by atoms with Gasteiger partial charge in [0.05, 0.1) is 12.6 Å². The predicted octanol–water partition coefficient (Wildman–Crippen LogP) is 0.991. The molecule has 0 aromatic heterocycles. The van der Waals surface area contributed by atoms with Gasteiger partial charge in [0.15, 0.2) is 0 Å². The van der Waals surface area contributed by atoms with Crippen molar-refractivity contribution in [3.63, 3.8) is 0 Å². The van der Waals surface area contributed by atoms with Crippen molar-refractivity contribution in [3.05, 3.63) is 35.6 Å². The zero-order valence-electron chi connectivity index (χ0n) is 10.3. The van der Waals surface area contributed by atoms with Crippen LogP contribution in [-0.4, -0.2) is 31.7 Å². The van der Waals surface area contributed by atoms with Crippen LogP contribution in [0.25, 0.3) is 0 Å². The molecular formula is C13H17FN2O2. The van der Waals surface area contributed by atoms with E-state index < -0.39 is 6.10 Å². The maximum Gasteiger partial charge on any atom is 0.250 e. The maximum atomic E-state index is 12.8. The van der Waals surface area contributed by atoms with Gasteiger partial charge in [-0.3, -0.25) is 4.79 Å². The van der Waals surface area contributed by atoms with Gasteiger partial charge in [0.1, 0.15) is 11.9 Å². The highest BCUT2D eigenvalue weighted by Gasteiger charge is 2.23. The molecule has 1 heterocycles. The Morgan fingerprint density at radius 1 is 1.50 bits per heavy atom. The monoisotopic (exact) mass is 252 g/mol. The average Bonchev–Trinajstić information content (AvgIpc) is 2.40. The Labute approximate surface area is 106 Å². The summed E-state index contributed by atoms with van der Waals surface area (Å²) in [6.45, 7) is 3.71. The molecule has 2 N–H and O–H groups in total. The molecule has 0 bridgehead atoms. The van der Waals surface area contributed by atoms with Crippen molar-refractivity contribution < 1.29 is 13.9 Å². The molecule has 1 unspecified atom stereocenters. The summed E-state index contributed by atoms with van der Waals surface area (Å²) in [5.74, 6) is -0.420. The number of benzene rings is 1. The van der Waals surface area contributed by atoms with E-state index in [0.29, 0.717) is 13.2 Å². The summed E-state index contributed by atoms with van der Waals surface area (Å²) in [6, 6.07) is 5.94. The number of nitrogens with one attached hydrogen (secondary N) is 2. The molecule has 0 spiro atoms. The van der Waals surface area contributed by atoms with Crippen molar-refractivity contribution in [3.8, 4) is 0 Å². The molecule has 5 heteroatoms. The number of hydrogen-bond donors (Lipinski definition) is 2. The first-order chi connectivity index (χ1) is 8.66. The molecule has 2 rings (SSSR count). The van der Waals surface area contributed by atoms with Gasteiger partial charge in [-0.15, -0.1) is 0 Å². The van der Waals surface area contributed by atoms with Crippen LogP contribution in [0.15, 0.2) is 24.3 Å². The summed E-state index contributed by atoms with van der Waals surface area (Å²) in [4.78, 5) is 11.9. The summed E-state index contributed by atoms with van der Waals surface area (Å²) in [7, 11) is 0. The van der Waals surface area contributed by atoms with Crippen LogP contribution in [0.2, 0.25) is 0 Å². The number of rotatable bonds is 3. The van der Waals surface area contributed by atoms with Gasteiger partial charge in [-0.1, -0.05) is 12.1 Å². The van der Waals surface area contributed by atoms with Gasteiger partial charge in [-0.05, 0) is 24.6 Å². The summed E-state index contributed by atoms with van der Waals surface area (Å²) in [6.07, 6.45) is -0.443. The molecule has 1 amide bonds. The Morgan fingerprint density at radius 2 is 2.22 bits per heavy atom. The number of halogens is 1. The SMILES string of the molecule is C[C@H](NC(=O)C1CNCCO1)c1ccc(F)cc1. The number of ether oxygens (including phenoxy) is 1. The first-order valence-electron chi connectivity index (χ1n) is 6.05. The van der Waals surface area contributed by atoms with Crippen LogP contribution < -0.4 is 10.6 Å². The zero-order chi connectivity index (χ0) is 13.0. The van der Waals surface area contributed by atoms with Crippen LogP contribution in [-0.2, 0) is 9.53 Å². The van der Waals surface area contributed by atoms with E-state index in [4.69, 9.17) is 4.74 Å². The summed E-state index contributed by atoms with van der Waals surface area (Å²) in [5.41, 5.74) is 0.869. The number of hydrogen-bond acceptors (Lipinski definition) is 3. The van der Waals surface area contributed by atoms with Gasteiger partial charge in [0.2, 0.25) is 0 Å². The Balaban J connectivity index is 1.91. The molecule has 0 radical (unpaired) electrons. The summed E-state index contributed by atoms with van der Waals surface area (Å²) in [5, 5.41) is 5.96. The molecule has 4 nitrogen and oxygen atoms in total. The van der Waals surface area contributed by atoms with Gasteiger partial charge in [-0.2, -0.15) is 0 Å². The van der Waals surface area contributed by atoms with Crippen molar-refractivity contribution in [2.24, 2.45) is 0 Å². The molecule has 1 saturated heterocycles. The standard InChI is InChI=1S/C13H17FN2O2/c1-9(10-2-4-11(14)5-3-10)16-13(17)12-8-15-6-7-18-12/h2-5,9,12,15H,6-8H2,1H3,(H,16,17)/t9-,12?/m0/s1. The van der Waals surface area contributed by atoms with Crippen molar-refractivity contribution in [2.75, 3.05) is 19.7 Å². The van der Waals surface area contributed by atoms with E-state index in [1.54, 1.807) is 12.1 Å². The molecule has 2 atom stereocenters. The molecule has 1 aromatic rings. The van der Waals surface area contributed by atoms with E-state index in [0.717, 1.165) is 12.1 Å². The molecule has 1 aliphatic rings. The fourth-order valence-electron chi connectivity index (χ4n) is 1.87. The molecule has 0 aliphatic carbocycles. The van der Waals surface area contributed by atoms with E-state index in [2.05, 4.69) is 10.6 Å². The van der Waals surface area contributed by atoms with Gasteiger partial charge in [0, 0.05) is 13.1 Å². The van der Waals surface area contributed by atoms with Crippen LogP contribution in [0.3, 0.4) is 0 Å². The highest BCUT2D eigenvalue weighted by molar-refractivity contribution is 5.81. The Kier molecular flexibility index (Phi) is 4.28. The normalized spacial score (nSPS) is 21.3. The minimum absolute atomic E-state index is 0.140. The molecule has 0 saturated carbocycles. The van der Waals surface area contributed by atoms with Gasteiger partial charge in [0.25, 0.3) is 5.91 Å². The lowest BCUT2D eigenvalue weighted by Gasteiger charge is -2.24. The zero-order valence-corrected chi connectivity index (χ0v) is 10.3. The quantitative estimate of drug-likeness (QED) is 0.843. The second-order valence-electron chi connectivity index (χ2n) is 4.35. The number of carbonyl (C=O) groups is 1. The molecule has 1 aliphatic heterocycles. The molecule has 1 aromatic carbocycles. The third-order valence-electron chi connectivity index (χ3n) is 2.95. The largest absolute Gasteiger partial charge is 0.366 e. The van der Waals surface area contributed by atoms with Gasteiger partial charge in [-0.25, -0.2) is 4.39 Å². The van der Waals surface area contributed by atoms with E-state index in [1.807, 2.05) is 6.92 Å². The van der Waals surface area contributed by atoms with Crippen molar-refractivity contribution >= 4 is 5.91 Å². The Bertz CT molecular complexity index is 402. The smallest absolute Gasteiger partial charge is 0.250 e. The van der Waals surface area contributed by atoms with E-state index in [1.165, 1.54) is 12.1 Å². The van der Waals surface area contributed by atoms with Gasteiger partial charge < -0.3 is 15.4 Å². The number of morpholine rings is 1. The van der Waals surface area contributed by atoms with E-state index in [-0.39, 0.29) is 17.8 Å². The van der Waals surface area contributed by atoms with E-state index >= 15 is 0 Å². The fraction of sp³-hybridized carbons (Fsp3) is 0.462. The second-order valence-corrected chi connectivity index (χ2v) is 4.35. The summed E-state index contributed by atoms with van der Waals surface area (Å²) < 4.78 is 18.1. The first-order valence-corrected chi connectivity index (χ1v) is 6.05. The van der Waals surface area contributed by atoms with Crippen LogP contribution in [0.5, 0.6) is 0 Å². The van der Waals surface area contributed by atoms with Crippen LogP contribution >= 0.6 is 0 Å². The van der Waals surface area contributed by atoms with Crippen LogP contribution in [0.1, 0.15) is 18.5 Å². The number of carbonyl (C=O) groups excluding carboxylic acids is 1. The maximum absolute atomic E-state index is 12.8. The average molecular weight is 252 g/mol. The molecule has 98 valence electrons. The minimum Gasteiger partial charge on any atom is -0.366 e. The highest BCUT2D eigenvalue weighted by Crippen LogP contribution is 2.13. The molecular weight excluding hydrogens is 235 g/mol. The van der Waals surface area contributed by atoms with Crippen molar-refractivity contribution in [1.82, 2.24) is 10.6 Å². The topological polar surface area (TPSA) is 50.4 Å². The van der Waals surface area contributed by atoms with Crippen LogP contribution in [0.4, 0.5) is 4.39 Å². The lowest BCUT2D eigenvalue weighted by atomic mass is 10.1. The first kappa shape index (κ1) is 13.0. The van der Waals surface area contributed by atoms with Crippen molar-refractivity contribution in [1.29, 1.82) is 0 Å². The van der Waals surface area contributed by atoms with Crippen LogP contribution in [0, 0.1) is 5.82 Å². The fourth-order valence-corrected chi connectivity index (χ4v) is 1.87. The lowest BCUT2D eigenvalue weighted by Crippen LogP contribution is -2.48. The predicted molar refractivity (Wildman–Crippen MR) is 65.6 cm³/mol.